The lowest BCUT2D eigenvalue weighted by molar-refractivity contribution is 0.475. The molecule has 0 aliphatic carbocycles. The first-order chi connectivity index (χ1) is 6.22. The normalized spacial score (nSPS) is 10.9. The van der Waals surface area contributed by atoms with Crippen LogP contribution < -0.4 is 0 Å². The quantitative estimate of drug-likeness (QED) is 0.736. The summed E-state index contributed by atoms with van der Waals surface area (Å²) >= 11 is 5.53. The van der Waals surface area contributed by atoms with Gasteiger partial charge in [0.2, 0.25) is 0 Å². The van der Waals surface area contributed by atoms with Crippen LogP contribution in [0.5, 0.6) is 5.75 Å². The molecule has 0 unspecified atom stereocenters. The molecule has 13 heavy (non-hydrogen) atoms. The van der Waals surface area contributed by atoms with Gasteiger partial charge in [0.05, 0.1) is 0 Å². The van der Waals surface area contributed by atoms with E-state index in [1.54, 1.807) is 12.1 Å². The lowest BCUT2D eigenvalue weighted by Gasteiger charge is -1.98. The molecule has 0 spiro atoms. The average molecular weight is 197 g/mol. The molecule has 0 saturated heterocycles. The molecule has 0 fully saturated rings. The molecule has 0 amide bonds. The number of phenolic OH excluding ortho intramolecular Hbond substituents is 1. The molecule has 0 radical (unpaired) electrons. The predicted octanol–water partition coefficient (Wildman–Crippen LogP) is 3.34. The van der Waals surface area contributed by atoms with Gasteiger partial charge in [-0.3, -0.25) is 0 Å². The lowest BCUT2D eigenvalue weighted by Crippen LogP contribution is -1.76. The minimum absolute atomic E-state index is 0.311. The molecule has 0 aliphatic rings. The number of allylic oxidation sites excluding steroid dienone is 1. The van der Waals surface area contributed by atoms with Gasteiger partial charge in [-0.2, -0.15) is 0 Å². The van der Waals surface area contributed by atoms with Crippen LogP contribution in [0.2, 0.25) is 0 Å². The Hall–Kier alpha value is -0.950. The van der Waals surface area contributed by atoms with Crippen LogP contribution in [-0.4, -0.2) is 11.0 Å². The highest BCUT2D eigenvalue weighted by atomic mass is 35.5. The number of aromatic hydroxyl groups is 1. The summed E-state index contributed by atoms with van der Waals surface area (Å²) in [5.41, 5.74) is 2.08. The third-order valence-electron chi connectivity index (χ3n) is 1.67. The molecule has 0 aliphatic heterocycles. The number of alkyl halides is 1. The first-order valence-electron chi connectivity index (χ1n) is 4.25. The van der Waals surface area contributed by atoms with Gasteiger partial charge in [0, 0.05) is 5.88 Å². The van der Waals surface area contributed by atoms with Crippen LogP contribution in [0.15, 0.2) is 24.3 Å². The zero-order valence-electron chi connectivity index (χ0n) is 7.63. The Bertz CT molecular complexity index is 285. The van der Waals surface area contributed by atoms with Crippen molar-refractivity contribution in [1.29, 1.82) is 0 Å². The summed E-state index contributed by atoms with van der Waals surface area (Å²) in [5, 5.41) is 9.29. The highest BCUT2D eigenvalue weighted by Gasteiger charge is 1.92. The smallest absolute Gasteiger partial charge is 0.116 e. The standard InChI is InChI=1S/C11H13ClO/c1-9-6-10(4-2-3-5-12)8-11(13)7-9/h2,4,6-8,13H,3,5H2,1H3. The van der Waals surface area contributed by atoms with Crippen LogP contribution >= 0.6 is 11.6 Å². The van der Waals surface area contributed by atoms with Crippen molar-refractivity contribution in [1.82, 2.24) is 0 Å². The second-order valence-corrected chi connectivity index (χ2v) is 3.36. The van der Waals surface area contributed by atoms with E-state index >= 15 is 0 Å². The van der Waals surface area contributed by atoms with Crippen LogP contribution in [0.25, 0.3) is 6.08 Å². The van der Waals surface area contributed by atoms with Crippen LogP contribution in [0.4, 0.5) is 0 Å². The third-order valence-corrected chi connectivity index (χ3v) is 1.89. The number of benzene rings is 1. The molecule has 0 heterocycles. The van der Waals surface area contributed by atoms with Crippen molar-refractivity contribution in [3.05, 3.63) is 35.4 Å². The maximum Gasteiger partial charge on any atom is 0.116 e. The number of halogens is 1. The average Bonchev–Trinajstić information content (AvgIpc) is 2.03. The molecule has 70 valence electrons. The summed E-state index contributed by atoms with van der Waals surface area (Å²) in [7, 11) is 0. The zero-order valence-corrected chi connectivity index (χ0v) is 8.38. The van der Waals surface area contributed by atoms with Crippen molar-refractivity contribution >= 4 is 17.7 Å². The fourth-order valence-electron chi connectivity index (χ4n) is 1.17. The Labute approximate surface area is 83.7 Å². The fraction of sp³-hybridized carbons (Fsp3) is 0.273. The van der Waals surface area contributed by atoms with E-state index in [1.165, 1.54) is 0 Å². The molecule has 1 N–H and O–H groups in total. The summed E-state index contributed by atoms with van der Waals surface area (Å²) in [6, 6.07) is 5.49. The highest BCUT2D eigenvalue weighted by Crippen LogP contribution is 2.16. The fourth-order valence-corrected chi connectivity index (χ4v) is 1.30. The summed E-state index contributed by atoms with van der Waals surface area (Å²) in [6.45, 7) is 1.96. The molecular weight excluding hydrogens is 184 g/mol. The van der Waals surface area contributed by atoms with Gasteiger partial charge in [0.15, 0.2) is 0 Å². The van der Waals surface area contributed by atoms with Gasteiger partial charge < -0.3 is 5.11 Å². The Kier molecular flexibility index (Phi) is 3.84. The van der Waals surface area contributed by atoms with Gasteiger partial charge >= 0.3 is 0 Å². The van der Waals surface area contributed by atoms with Crippen molar-refractivity contribution in [3.63, 3.8) is 0 Å². The Morgan fingerprint density at radius 2 is 2.15 bits per heavy atom. The molecule has 0 aromatic heterocycles. The zero-order chi connectivity index (χ0) is 9.68. The molecule has 1 rings (SSSR count). The van der Waals surface area contributed by atoms with Crippen LogP contribution in [0.1, 0.15) is 17.5 Å². The van der Waals surface area contributed by atoms with Crippen LogP contribution in [0.3, 0.4) is 0 Å². The van der Waals surface area contributed by atoms with Crippen LogP contribution in [-0.2, 0) is 0 Å². The lowest BCUT2D eigenvalue weighted by atomic mass is 10.1. The van der Waals surface area contributed by atoms with Gasteiger partial charge in [0.25, 0.3) is 0 Å². The van der Waals surface area contributed by atoms with Gasteiger partial charge in [-0.25, -0.2) is 0 Å². The minimum atomic E-state index is 0.311. The van der Waals surface area contributed by atoms with Gasteiger partial charge in [-0.1, -0.05) is 18.2 Å². The predicted molar refractivity (Wildman–Crippen MR) is 57.2 cm³/mol. The summed E-state index contributed by atoms with van der Waals surface area (Å²) in [4.78, 5) is 0. The second-order valence-electron chi connectivity index (χ2n) is 2.98. The van der Waals surface area contributed by atoms with Crippen molar-refractivity contribution < 1.29 is 5.11 Å². The number of phenols is 1. The number of rotatable bonds is 3. The van der Waals surface area contributed by atoms with Crippen molar-refractivity contribution in [2.45, 2.75) is 13.3 Å². The second kappa shape index (κ2) is 4.93. The topological polar surface area (TPSA) is 20.2 Å². The third kappa shape index (κ3) is 3.51. The molecule has 2 heteroatoms. The Morgan fingerprint density at radius 3 is 2.77 bits per heavy atom. The van der Waals surface area contributed by atoms with E-state index in [2.05, 4.69) is 0 Å². The molecule has 0 bridgehead atoms. The number of hydrogen-bond acceptors (Lipinski definition) is 1. The summed E-state index contributed by atoms with van der Waals surface area (Å²) in [6.07, 6.45) is 4.83. The SMILES string of the molecule is Cc1cc(O)cc(C=CCCCl)c1. The monoisotopic (exact) mass is 196 g/mol. The summed E-state index contributed by atoms with van der Waals surface area (Å²) < 4.78 is 0. The van der Waals surface area contributed by atoms with Gasteiger partial charge in [-0.15, -0.1) is 11.6 Å². The van der Waals surface area contributed by atoms with E-state index in [4.69, 9.17) is 11.6 Å². The maximum absolute atomic E-state index is 9.29. The molecule has 1 aromatic carbocycles. The first kappa shape index (κ1) is 10.1. The van der Waals surface area contributed by atoms with E-state index in [0.717, 1.165) is 17.5 Å². The van der Waals surface area contributed by atoms with Gasteiger partial charge in [-0.05, 0) is 36.6 Å². The molecule has 0 saturated carbocycles. The molecule has 0 atom stereocenters. The minimum Gasteiger partial charge on any atom is -0.508 e. The Morgan fingerprint density at radius 1 is 1.38 bits per heavy atom. The van der Waals surface area contributed by atoms with Gasteiger partial charge in [0.1, 0.15) is 5.75 Å². The van der Waals surface area contributed by atoms with E-state index in [0.29, 0.717) is 11.6 Å². The number of hydrogen-bond donors (Lipinski definition) is 1. The Balaban J connectivity index is 2.77. The molecule has 1 aromatic rings. The maximum atomic E-state index is 9.29. The first-order valence-corrected chi connectivity index (χ1v) is 4.79. The van der Waals surface area contributed by atoms with Crippen molar-refractivity contribution in [2.24, 2.45) is 0 Å². The highest BCUT2D eigenvalue weighted by molar-refractivity contribution is 6.17. The van der Waals surface area contributed by atoms with Crippen molar-refractivity contribution in [2.75, 3.05) is 5.88 Å². The van der Waals surface area contributed by atoms with E-state index in [9.17, 15) is 5.11 Å². The largest absolute Gasteiger partial charge is 0.508 e. The summed E-state index contributed by atoms with van der Waals surface area (Å²) in [5.74, 6) is 0.944. The number of aryl methyl sites for hydroxylation is 1. The van der Waals surface area contributed by atoms with E-state index in [-0.39, 0.29) is 0 Å². The molecular formula is C11H13ClO. The van der Waals surface area contributed by atoms with Crippen LogP contribution in [0, 0.1) is 6.92 Å². The van der Waals surface area contributed by atoms with E-state index < -0.39 is 0 Å². The van der Waals surface area contributed by atoms with Crippen molar-refractivity contribution in [3.8, 4) is 5.75 Å². The molecule has 1 nitrogen and oxygen atoms in total. The van der Waals surface area contributed by atoms with E-state index in [1.807, 2.05) is 25.1 Å².